The highest BCUT2D eigenvalue weighted by atomic mass is 32.1. The molecule has 4 heterocycles. The molecule has 4 aromatic rings. The number of hydrogen-bond acceptors (Lipinski definition) is 8. The van der Waals surface area contributed by atoms with E-state index in [1.807, 2.05) is 53.6 Å². The maximum absolute atomic E-state index is 13.1. The molecule has 0 aliphatic carbocycles. The predicted octanol–water partition coefficient (Wildman–Crippen LogP) is 3.12. The molecular weight excluding hydrogens is 418 g/mol. The van der Waals surface area contributed by atoms with E-state index in [1.54, 1.807) is 16.0 Å². The summed E-state index contributed by atoms with van der Waals surface area (Å²) in [4.78, 5) is 22.5. The van der Waals surface area contributed by atoms with Crippen molar-refractivity contribution in [1.82, 2.24) is 30.1 Å². The number of hydrogen-bond donors (Lipinski definition) is 0. The Morgan fingerprint density at radius 1 is 1.07 bits per heavy atom. The van der Waals surface area contributed by atoms with Gasteiger partial charge >= 0.3 is 0 Å². The van der Waals surface area contributed by atoms with Gasteiger partial charge in [-0.05, 0) is 40.9 Å². The molecule has 30 heavy (non-hydrogen) atoms. The van der Waals surface area contributed by atoms with E-state index >= 15 is 0 Å². The van der Waals surface area contributed by atoms with Crippen molar-refractivity contribution in [3.63, 3.8) is 0 Å². The summed E-state index contributed by atoms with van der Waals surface area (Å²) < 4.78 is 1.73. The van der Waals surface area contributed by atoms with Crippen LogP contribution in [0.25, 0.3) is 16.3 Å². The topological polar surface area (TPSA) is 80.0 Å². The third-order valence-corrected chi connectivity index (χ3v) is 6.94. The van der Waals surface area contributed by atoms with Gasteiger partial charge in [0.05, 0.1) is 11.4 Å². The Morgan fingerprint density at radius 2 is 1.87 bits per heavy atom. The summed E-state index contributed by atoms with van der Waals surface area (Å²) in [6, 6.07) is 11.9. The third kappa shape index (κ3) is 3.48. The Hall–Kier alpha value is -3.11. The fraction of sp³-hybridized carbons (Fsp3) is 0.250. The van der Waals surface area contributed by atoms with Crippen molar-refractivity contribution in [2.24, 2.45) is 0 Å². The molecular formula is C20H19N7OS2. The molecule has 5 rings (SSSR count). The fourth-order valence-electron chi connectivity index (χ4n) is 3.47. The number of carbonyl (C=O) groups excluding carboxylic acids is 1. The van der Waals surface area contributed by atoms with Crippen molar-refractivity contribution in [2.45, 2.75) is 6.92 Å². The molecule has 1 aromatic carbocycles. The summed E-state index contributed by atoms with van der Waals surface area (Å²) in [6.07, 6.45) is 0. The molecule has 0 unspecified atom stereocenters. The second kappa shape index (κ2) is 7.96. The van der Waals surface area contributed by atoms with Gasteiger partial charge in [0.1, 0.15) is 9.88 Å². The number of rotatable bonds is 4. The number of aryl methyl sites for hydroxylation is 1. The average Bonchev–Trinajstić information content (AvgIpc) is 3.54. The fourth-order valence-corrected chi connectivity index (χ4v) is 5.22. The number of amides is 1. The van der Waals surface area contributed by atoms with Crippen LogP contribution in [0.2, 0.25) is 0 Å². The first kappa shape index (κ1) is 18.9. The van der Waals surface area contributed by atoms with Gasteiger partial charge in [-0.2, -0.15) is 16.0 Å². The zero-order chi connectivity index (χ0) is 20.5. The lowest BCUT2D eigenvalue weighted by Crippen LogP contribution is -2.49. The normalized spacial score (nSPS) is 14.3. The van der Waals surface area contributed by atoms with Crippen molar-refractivity contribution in [3.05, 3.63) is 57.7 Å². The standard InChI is InChI=1S/C20H19N7OS2/c1-14-17(30-18(21-14)15-7-12-29-13-15)19(28)25-8-10-26(11-9-25)20-22-23-24-27(20)16-5-3-2-4-6-16/h2-7,12-13H,8-11H2,1H3. The molecule has 152 valence electrons. The number of benzene rings is 1. The van der Waals surface area contributed by atoms with Gasteiger partial charge in [0.25, 0.3) is 5.91 Å². The van der Waals surface area contributed by atoms with Crippen LogP contribution in [-0.4, -0.2) is 62.2 Å². The molecule has 0 saturated carbocycles. The molecule has 0 radical (unpaired) electrons. The highest BCUT2D eigenvalue weighted by Gasteiger charge is 2.28. The van der Waals surface area contributed by atoms with Gasteiger partial charge in [0.2, 0.25) is 5.95 Å². The molecule has 1 fully saturated rings. The number of thiophene rings is 1. The van der Waals surface area contributed by atoms with Gasteiger partial charge < -0.3 is 9.80 Å². The van der Waals surface area contributed by atoms with Crippen LogP contribution in [0.15, 0.2) is 47.2 Å². The molecule has 1 saturated heterocycles. The van der Waals surface area contributed by atoms with E-state index in [-0.39, 0.29) is 5.91 Å². The van der Waals surface area contributed by atoms with Crippen molar-refractivity contribution in [1.29, 1.82) is 0 Å². The number of nitrogens with zero attached hydrogens (tertiary/aromatic N) is 7. The summed E-state index contributed by atoms with van der Waals surface area (Å²) in [5.74, 6) is 0.746. The van der Waals surface area contributed by atoms with Crippen LogP contribution in [0.4, 0.5) is 5.95 Å². The Morgan fingerprint density at radius 3 is 2.60 bits per heavy atom. The second-order valence-electron chi connectivity index (χ2n) is 6.95. The molecule has 1 amide bonds. The number of tetrazole rings is 1. The van der Waals surface area contributed by atoms with E-state index in [9.17, 15) is 4.79 Å². The third-order valence-electron chi connectivity index (χ3n) is 5.06. The van der Waals surface area contributed by atoms with E-state index in [2.05, 4.69) is 30.8 Å². The van der Waals surface area contributed by atoms with Crippen molar-refractivity contribution in [2.75, 3.05) is 31.1 Å². The van der Waals surface area contributed by atoms with E-state index in [4.69, 9.17) is 0 Å². The minimum atomic E-state index is 0.0498. The highest BCUT2D eigenvalue weighted by molar-refractivity contribution is 7.17. The monoisotopic (exact) mass is 437 g/mol. The van der Waals surface area contributed by atoms with Crippen molar-refractivity contribution < 1.29 is 4.79 Å². The minimum absolute atomic E-state index is 0.0498. The number of piperazine rings is 1. The smallest absolute Gasteiger partial charge is 0.265 e. The van der Waals surface area contributed by atoms with E-state index in [0.717, 1.165) is 26.8 Å². The summed E-state index contributed by atoms with van der Waals surface area (Å²) in [6.45, 7) is 4.49. The number of aromatic nitrogens is 5. The largest absolute Gasteiger partial charge is 0.336 e. The quantitative estimate of drug-likeness (QED) is 0.488. The zero-order valence-electron chi connectivity index (χ0n) is 16.3. The summed E-state index contributed by atoms with van der Waals surface area (Å²) >= 11 is 3.10. The van der Waals surface area contributed by atoms with Crippen LogP contribution in [0, 0.1) is 6.92 Å². The van der Waals surface area contributed by atoms with Crippen LogP contribution in [0.3, 0.4) is 0 Å². The van der Waals surface area contributed by atoms with Gasteiger partial charge in [-0.1, -0.05) is 23.3 Å². The first-order valence-corrected chi connectivity index (χ1v) is 11.3. The summed E-state index contributed by atoms with van der Waals surface area (Å²) in [5, 5.41) is 17.2. The maximum Gasteiger partial charge on any atom is 0.265 e. The number of anilines is 1. The Balaban J connectivity index is 1.29. The Labute approximate surface area is 181 Å². The Kier molecular flexibility index (Phi) is 5.01. The number of carbonyl (C=O) groups is 1. The molecule has 0 N–H and O–H groups in total. The van der Waals surface area contributed by atoms with Crippen molar-refractivity contribution in [3.8, 4) is 16.3 Å². The van der Waals surface area contributed by atoms with Gasteiger partial charge in [0, 0.05) is 37.1 Å². The van der Waals surface area contributed by atoms with Crippen LogP contribution in [0.1, 0.15) is 15.4 Å². The van der Waals surface area contributed by atoms with Gasteiger partial charge in [-0.3, -0.25) is 4.79 Å². The van der Waals surface area contributed by atoms with Crippen molar-refractivity contribution >= 4 is 34.5 Å². The molecule has 1 aliphatic heterocycles. The van der Waals surface area contributed by atoms with Crippen LogP contribution in [-0.2, 0) is 0 Å². The first-order valence-electron chi connectivity index (χ1n) is 9.59. The molecule has 3 aromatic heterocycles. The minimum Gasteiger partial charge on any atom is -0.336 e. The van der Waals surface area contributed by atoms with E-state index in [0.29, 0.717) is 32.1 Å². The number of para-hydroxylation sites is 1. The lowest BCUT2D eigenvalue weighted by Gasteiger charge is -2.34. The SMILES string of the molecule is Cc1nc(-c2ccsc2)sc1C(=O)N1CCN(c2nnnn2-c2ccccc2)CC1. The van der Waals surface area contributed by atoms with Crippen LogP contribution >= 0.6 is 22.7 Å². The number of thiazole rings is 1. The van der Waals surface area contributed by atoms with Gasteiger partial charge in [-0.15, -0.1) is 11.3 Å². The van der Waals surface area contributed by atoms with E-state index in [1.165, 1.54) is 11.3 Å². The van der Waals surface area contributed by atoms with Crippen LogP contribution in [0.5, 0.6) is 0 Å². The molecule has 8 nitrogen and oxygen atoms in total. The van der Waals surface area contributed by atoms with Gasteiger partial charge in [-0.25, -0.2) is 4.98 Å². The van der Waals surface area contributed by atoms with E-state index < -0.39 is 0 Å². The lowest BCUT2D eigenvalue weighted by molar-refractivity contribution is 0.0750. The lowest BCUT2D eigenvalue weighted by atomic mass is 10.2. The average molecular weight is 438 g/mol. The highest BCUT2D eigenvalue weighted by Crippen LogP contribution is 2.30. The zero-order valence-corrected chi connectivity index (χ0v) is 17.9. The second-order valence-corrected chi connectivity index (χ2v) is 8.73. The van der Waals surface area contributed by atoms with Crippen LogP contribution < -0.4 is 4.90 Å². The molecule has 1 aliphatic rings. The summed E-state index contributed by atoms with van der Waals surface area (Å²) in [7, 11) is 0. The summed E-state index contributed by atoms with van der Waals surface area (Å²) in [5.41, 5.74) is 2.78. The predicted molar refractivity (Wildman–Crippen MR) is 117 cm³/mol. The first-order chi connectivity index (χ1) is 14.7. The van der Waals surface area contributed by atoms with Gasteiger partial charge in [0.15, 0.2) is 0 Å². The molecule has 0 atom stereocenters. The molecule has 0 bridgehead atoms. The Bertz CT molecular complexity index is 1150. The maximum atomic E-state index is 13.1. The molecule has 10 heteroatoms. The molecule has 0 spiro atoms.